The summed E-state index contributed by atoms with van der Waals surface area (Å²) in [6, 6.07) is 0.384. The molecular formula is C13H23N3O3S. The molecule has 0 bridgehead atoms. The van der Waals surface area contributed by atoms with Gasteiger partial charge in [-0.2, -0.15) is 11.8 Å². The molecule has 0 saturated carbocycles. The fourth-order valence-electron chi connectivity index (χ4n) is 1.94. The second kappa shape index (κ2) is 8.26. The smallest absolute Gasteiger partial charge is 0.242 e. The molecule has 1 rings (SSSR count). The predicted octanol–water partition coefficient (Wildman–Crippen LogP) is -0.0188. The summed E-state index contributed by atoms with van der Waals surface area (Å²) < 4.78 is 0. The molecular weight excluding hydrogens is 278 g/mol. The molecule has 6 nitrogen and oxygen atoms in total. The van der Waals surface area contributed by atoms with Gasteiger partial charge >= 0.3 is 0 Å². The van der Waals surface area contributed by atoms with Gasteiger partial charge in [0.1, 0.15) is 0 Å². The third kappa shape index (κ3) is 5.13. The van der Waals surface area contributed by atoms with Crippen molar-refractivity contribution in [3.8, 4) is 0 Å². The Hall–Kier alpha value is -1.08. The fraction of sp³-hybridized carbons (Fsp3) is 0.769. The van der Waals surface area contributed by atoms with Crippen LogP contribution in [0.5, 0.6) is 0 Å². The number of rotatable bonds is 8. The van der Waals surface area contributed by atoms with Crippen LogP contribution < -0.4 is 10.6 Å². The SMILES string of the molecule is CSC1CC(=O)N(CCC(=O)NCCNC(C)C)C1=O. The van der Waals surface area contributed by atoms with Gasteiger partial charge in [-0.25, -0.2) is 0 Å². The highest BCUT2D eigenvalue weighted by atomic mass is 32.2. The second-order valence-corrected chi connectivity index (χ2v) is 6.06. The summed E-state index contributed by atoms with van der Waals surface area (Å²) in [6.07, 6.45) is 2.23. The van der Waals surface area contributed by atoms with Gasteiger partial charge in [0.05, 0.1) is 5.25 Å². The van der Waals surface area contributed by atoms with E-state index in [1.54, 1.807) is 0 Å². The standard InChI is InChI=1S/C13H23N3O3S/c1-9(2)14-5-6-15-11(17)4-7-16-12(18)8-10(20-3)13(16)19/h9-10,14H,4-8H2,1-3H3,(H,15,17). The number of hydrogen-bond acceptors (Lipinski definition) is 5. The molecule has 114 valence electrons. The van der Waals surface area contributed by atoms with Crippen LogP contribution in [0, 0.1) is 0 Å². The summed E-state index contributed by atoms with van der Waals surface area (Å²) >= 11 is 1.38. The van der Waals surface area contributed by atoms with Crippen LogP contribution in [0.15, 0.2) is 0 Å². The zero-order valence-electron chi connectivity index (χ0n) is 12.3. The Labute approximate surface area is 124 Å². The summed E-state index contributed by atoms with van der Waals surface area (Å²) in [5.74, 6) is -0.482. The van der Waals surface area contributed by atoms with E-state index >= 15 is 0 Å². The van der Waals surface area contributed by atoms with E-state index in [-0.39, 0.29) is 42.4 Å². The van der Waals surface area contributed by atoms with Crippen molar-refractivity contribution in [1.29, 1.82) is 0 Å². The van der Waals surface area contributed by atoms with Crippen molar-refractivity contribution in [2.75, 3.05) is 25.9 Å². The lowest BCUT2D eigenvalue weighted by Crippen LogP contribution is -2.38. The molecule has 20 heavy (non-hydrogen) atoms. The number of nitrogens with zero attached hydrogens (tertiary/aromatic N) is 1. The van der Waals surface area contributed by atoms with Gasteiger partial charge in [-0.3, -0.25) is 19.3 Å². The van der Waals surface area contributed by atoms with Crippen LogP contribution in [0.3, 0.4) is 0 Å². The van der Waals surface area contributed by atoms with Crippen LogP contribution in [-0.4, -0.2) is 59.8 Å². The Morgan fingerprint density at radius 3 is 2.65 bits per heavy atom. The van der Waals surface area contributed by atoms with Crippen molar-refractivity contribution >= 4 is 29.5 Å². The van der Waals surface area contributed by atoms with E-state index in [0.29, 0.717) is 19.1 Å². The molecule has 0 aliphatic carbocycles. The van der Waals surface area contributed by atoms with Crippen LogP contribution >= 0.6 is 11.8 Å². The molecule has 1 atom stereocenters. The lowest BCUT2D eigenvalue weighted by Gasteiger charge is -2.14. The fourth-order valence-corrected chi connectivity index (χ4v) is 2.57. The number of hydrogen-bond donors (Lipinski definition) is 2. The van der Waals surface area contributed by atoms with E-state index in [1.807, 2.05) is 20.1 Å². The average Bonchev–Trinajstić information content (AvgIpc) is 2.67. The monoisotopic (exact) mass is 301 g/mol. The van der Waals surface area contributed by atoms with Crippen LogP contribution in [0.1, 0.15) is 26.7 Å². The van der Waals surface area contributed by atoms with Crippen LogP contribution in [0.4, 0.5) is 0 Å². The number of nitrogens with one attached hydrogen (secondary N) is 2. The number of carbonyl (C=O) groups is 3. The maximum absolute atomic E-state index is 11.8. The van der Waals surface area contributed by atoms with Gasteiger partial charge in [0.25, 0.3) is 0 Å². The third-order valence-electron chi connectivity index (χ3n) is 3.05. The Kier molecular flexibility index (Phi) is 7.01. The molecule has 1 heterocycles. The molecule has 0 aromatic heterocycles. The van der Waals surface area contributed by atoms with Gasteiger partial charge in [-0.1, -0.05) is 13.8 Å². The minimum Gasteiger partial charge on any atom is -0.355 e. The molecule has 0 spiro atoms. The number of amides is 3. The minimum atomic E-state index is -0.277. The molecule has 7 heteroatoms. The highest BCUT2D eigenvalue weighted by Crippen LogP contribution is 2.22. The van der Waals surface area contributed by atoms with Gasteiger partial charge in [0.2, 0.25) is 17.7 Å². The zero-order chi connectivity index (χ0) is 15.1. The molecule has 1 unspecified atom stereocenters. The lowest BCUT2D eigenvalue weighted by molar-refractivity contribution is -0.138. The van der Waals surface area contributed by atoms with Gasteiger partial charge in [-0.05, 0) is 6.26 Å². The minimum absolute atomic E-state index is 0.135. The lowest BCUT2D eigenvalue weighted by atomic mass is 10.3. The van der Waals surface area contributed by atoms with Crippen molar-refractivity contribution in [2.45, 2.75) is 38.0 Å². The highest BCUT2D eigenvalue weighted by molar-refractivity contribution is 8.00. The van der Waals surface area contributed by atoms with Crippen molar-refractivity contribution in [3.63, 3.8) is 0 Å². The second-order valence-electron chi connectivity index (χ2n) is 5.02. The van der Waals surface area contributed by atoms with E-state index < -0.39 is 0 Å². The quantitative estimate of drug-likeness (QED) is 0.487. The first kappa shape index (κ1) is 17.0. The van der Waals surface area contributed by atoms with E-state index in [1.165, 1.54) is 16.7 Å². The van der Waals surface area contributed by atoms with Crippen LogP contribution in [-0.2, 0) is 14.4 Å². The Morgan fingerprint density at radius 2 is 2.10 bits per heavy atom. The Bertz CT molecular complexity index is 374. The van der Waals surface area contributed by atoms with Crippen LogP contribution in [0.2, 0.25) is 0 Å². The van der Waals surface area contributed by atoms with E-state index in [2.05, 4.69) is 10.6 Å². The summed E-state index contributed by atoms with van der Waals surface area (Å²) in [5.41, 5.74) is 0. The highest BCUT2D eigenvalue weighted by Gasteiger charge is 2.37. The van der Waals surface area contributed by atoms with Gasteiger partial charge in [0.15, 0.2) is 0 Å². The number of thioether (sulfide) groups is 1. The molecule has 1 fully saturated rings. The molecule has 0 aromatic carbocycles. The van der Waals surface area contributed by atoms with Gasteiger partial charge < -0.3 is 10.6 Å². The first-order chi connectivity index (χ1) is 9.45. The average molecular weight is 301 g/mol. The number of likely N-dealkylation sites (tertiary alicyclic amines) is 1. The zero-order valence-corrected chi connectivity index (χ0v) is 13.1. The number of imide groups is 1. The van der Waals surface area contributed by atoms with Gasteiger partial charge in [-0.15, -0.1) is 0 Å². The molecule has 1 saturated heterocycles. The van der Waals surface area contributed by atoms with Crippen molar-refractivity contribution in [2.24, 2.45) is 0 Å². The molecule has 0 aromatic rings. The molecule has 2 N–H and O–H groups in total. The topological polar surface area (TPSA) is 78.5 Å². The summed E-state index contributed by atoms with van der Waals surface area (Å²) in [7, 11) is 0. The molecule has 1 aliphatic rings. The third-order valence-corrected chi connectivity index (χ3v) is 3.99. The van der Waals surface area contributed by atoms with Crippen molar-refractivity contribution in [1.82, 2.24) is 15.5 Å². The van der Waals surface area contributed by atoms with Gasteiger partial charge in [0, 0.05) is 38.5 Å². The molecule has 3 amide bonds. The van der Waals surface area contributed by atoms with E-state index in [9.17, 15) is 14.4 Å². The summed E-state index contributed by atoms with van der Waals surface area (Å²) in [5, 5.41) is 5.67. The maximum Gasteiger partial charge on any atom is 0.242 e. The van der Waals surface area contributed by atoms with Crippen molar-refractivity contribution < 1.29 is 14.4 Å². The normalized spacial score (nSPS) is 19.0. The largest absolute Gasteiger partial charge is 0.355 e. The first-order valence-corrected chi connectivity index (χ1v) is 8.11. The molecule has 1 aliphatic heterocycles. The first-order valence-electron chi connectivity index (χ1n) is 6.82. The summed E-state index contributed by atoms with van der Waals surface area (Å²) in [4.78, 5) is 36.3. The maximum atomic E-state index is 11.8. The Morgan fingerprint density at radius 1 is 1.40 bits per heavy atom. The van der Waals surface area contributed by atoms with E-state index in [4.69, 9.17) is 0 Å². The van der Waals surface area contributed by atoms with Crippen LogP contribution in [0.25, 0.3) is 0 Å². The van der Waals surface area contributed by atoms with E-state index in [0.717, 1.165) is 0 Å². The summed E-state index contributed by atoms with van der Waals surface area (Å²) in [6.45, 7) is 5.51. The predicted molar refractivity (Wildman–Crippen MR) is 79.4 cm³/mol. The molecule has 0 radical (unpaired) electrons. The Balaban J connectivity index is 2.24. The number of carbonyl (C=O) groups excluding carboxylic acids is 3. The van der Waals surface area contributed by atoms with Crippen molar-refractivity contribution in [3.05, 3.63) is 0 Å².